The van der Waals surface area contributed by atoms with Crippen molar-refractivity contribution in [3.8, 4) is 0 Å². The lowest BCUT2D eigenvalue weighted by atomic mass is 10.1. The Morgan fingerprint density at radius 3 is 2.58 bits per heavy atom. The third-order valence-corrected chi connectivity index (χ3v) is 3.18. The zero-order valence-corrected chi connectivity index (χ0v) is 11.8. The van der Waals surface area contributed by atoms with Crippen molar-refractivity contribution in [1.82, 2.24) is 25.1 Å². The number of aromatic nitrogens is 4. The zero-order valence-electron chi connectivity index (χ0n) is 11.8. The summed E-state index contributed by atoms with van der Waals surface area (Å²) in [6.07, 6.45) is 1.76. The molecule has 1 amide bonds. The molecule has 0 spiro atoms. The van der Waals surface area contributed by atoms with E-state index in [1.165, 1.54) is 0 Å². The number of hydrogen-bond donors (Lipinski definition) is 1. The van der Waals surface area contributed by atoms with E-state index in [1.807, 2.05) is 20.8 Å². The Kier molecular flexibility index (Phi) is 3.78. The molecule has 19 heavy (non-hydrogen) atoms. The smallest absolute Gasteiger partial charge is 0.272 e. The van der Waals surface area contributed by atoms with E-state index in [4.69, 9.17) is 0 Å². The molecule has 0 aliphatic rings. The molecule has 2 aromatic heterocycles. The number of hydrogen-bond acceptors (Lipinski definition) is 4. The fourth-order valence-electron chi connectivity index (χ4n) is 2.01. The number of aryl methyl sites for hydroxylation is 2. The predicted octanol–water partition coefficient (Wildman–Crippen LogP) is 1.44. The minimum absolute atomic E-state index is 0.152. The minimum Gasteiger partial charge on any atom is -0.351 e. The van der Waals surface area contributed by atoms with E-state index in [0.717, 1.165) is 35.4 Å². The molecule has 0 saturated carbocycles. The largest absolute Gasteiger partial charge is 0.351 e. The topological polar surface area (TPSA) is 72.2 Å². The lowest BCUT2D eigenvalue weighted by Gasteiger charge is -2.09. The van der Waals surface area contributed by atoms with E-state index in [2.05, 4.69) is 27.5 Å². The van der Waals surface area contributed by atoms with Crippen molar-refractivity contribution in [2.75, 3.05) is 6.54 Å². The van der Waals surface area contributed by atoms with Crippen LogP contribution in [0.25, 0.3) is 5.65 Å². The van der Waals surface area contributed by atoms with E-state index in [0.29, 0.717) is 12.2 Å². The molecule has 0 aliphatic heterocycles. The molecule has 6 heteroatoms. The van der Waals surface area contributed by atoms with Gasteiger partial charge in [0.2, 0.25) is 0 Å². The molecule has 0 saturated heterocycles. The van der Waals surface area contributed by atoms with Crippen molar-refractivity contribution >= 4 is 11.6 Å². The lowest BCUT2D eigenvalue weighted by Crippen LogP contribution is -2.26. The summed E-state index contributed by atoms with van der Waals surface area (Å²) in [6.45, 7) is 8.38. The van der Waals surface area contributed by atoms with Gasteiger partial charge in [-0.15, -0.1) is 10.2 Å². The maximum atomic E-state index is 12.0. The normalized spacial score (nSPS) is 10.9. The molecular formula is C13H19N5O. The van der Waals surface area contributed by atoms with Gasteiger partial charge in [-0.2, -0.15) is 9.61 Å². The number of nitrogens with zero attached hydrogens (tertiary/aromatic N) is 4. The van der Waals surface area contributed by atoms with E-state index >= 15 is 0 Å². The maximum Gasteiger partial charge on any atom is 0.272 e. The average Bonchev–Trinajstić information content (AvgIpc) is 2.78. The average molecular weight is 261 g/mol. The Morgan fingerprint density at radius 2 is 1.95 bits per heavy atom. The van der Waals surface area contributed by atoms with Crippen LogP contribution in [0.1, 0.15) is 47.7 Å². The zero-order chi connectivity index (χ0) is 14.0. The van der Waals surface area contributed by atoms with Crippen molar-refractivity contribution in [3.63, 3.8) is 0 Å². The van der Waals surface area contributed by atoms with Crippen LogP contribution in [-0.2, 0) is 6.42 Å². The molecule has 2 aromatic rings. The summed E-state index contributed by atoms with van der Waals surface area (Å²) in [5.41, 5.74) is 2.98. The molecule has 0 aliphatic carbocycles. The van der Waals surface area contributed by atoms with Crippen LogP contribution < -0.4 is 5.32 Å². The van der Waals surface area contributed by atoms with Crippen LogP contribution in [0.4, 0.5) is 0 Å². The first-order valence-corrected chi connectivity index (χ1v) is 6.59. The van der Waals surface area contributed by atoms with Crippen LogP contribution >= 0.6 is 0 Å². The molecule has 0 unspecified atom stereocenters. The number of fused-ring (bicyclic) bond motifs is 1. The third kappa shape index (κ3) is 2.30. The van der Waals surface area contributed by atoms with Crippen LogP contribution in [0.5, 0.6) is 0 Å². The van der Waals surface area contributed by atoms with Crippen molar-refractivity contribution in [3.05, 3.63) is 22.6 Å². The summed E-state index contributed by atoms with van der Waals surface area (Å²) >= 11 is 0. The summed E-state index contributed by atoms with van der Waals surface area (Å²) in [4.78, 5) is 12.0. The standard InChI is InChI=1S/C13H19N5O/c1-5-7-10-15-16-12-9(4)8(3)11(17-18(10)12)13(19)14-6-2/h5-7H2,1-4H3,(H,14,19). The van der Waals surface area contributed by atoms with Crippen molar-refractivity contribution in [2.45, 2.75) is 40.5 Å². The van der Waals surface area contributed by atoms with Gasteiger partial charge in [-0.1, -0.05) is 6.92 Å². The summed E-state index contributed by atoms with van der Waals surface area (Å²) in [6, 6.07) is 0. The van der Waals surface area contributed by atoms with Gasteiger partial charge in [-0.05, 0) is 32.8 Å². The Hall–Kier alpha value is -1.98. The number of rotatable bonds is 4. The first kappa shape index (κ1) is 13.5. The van der Waals surface area contributed by atoms with Crippen molar-refractivity contribution in [1.29, 1.82) is 0 Å². The van der Waals surface area contributed by atoms with Crippen LogP contribution in [0.3, 0.4) is 0 Å². The highest BCUT2D eigenvalue weighted by Gasteiger charge is 2.18. The molecule has 6 nitrogen and oxygen atoms in total. The van der Waals surface area contributed by atoms with E-state index < -0.39 is 0 Å². The molecule has 102 valence electrons. The Balaban J connectivity index is 2.62. The van der Waals surface area contributed by atoms with Gasteiger partial charge in [-0.25, -0.2) is 0 Å². The molecule has 0 radical (unpaired) electrons. The summed E-state index contributed by atoms with van der Waals surface area (Å²) in [5.74, 6) is 0.646. The SMILES string of the molecule is CCCc1nnc2c(C)c(C)c(C(=O)NCC)nn12. The van der Waals surface area contributed by atoms with Crippen LogP contribution in [-0.4, -0.2) is 32.3 Å². The number of carbonyl (C=O) groups is 1. The first-order valence-electron chi connectivity index (χ1n) is 6.59. The highest BCUT2D eigenvalue weighted by atomic mass is 16.1. The molecule has 2 heterocycles. The van der Waals surface area contributed by atoms with Gasteiger partial charge < -0.3 is 5.32 Å². The van der Waals surface area contributed by atoms with Gasteiger partial charge in [0.25, 0.3) is 5.91 Å². The minimum atomic E-state index is -0.152. The molecule has 1 N–H and O–H groups in total. The molecule has 2 rings (SSSR count). The van der Waals surface area contributed by atoms with Gasteiger partial charge >= 0.3 is 0 Å². The van der Waals surface area contributed by atoms with Crippen molar-refractivity contribution in [2.24, 2.45) is 0 Å². The maximum absolute atomic E-state index is 12.0. The first-order chi connectivity index (χ1) is 9.10. The Bertz CT molecular complexity index is 617. The predicted molar refractivity (Wildman–Crippen MR) is 72.3 cm³/mol. The monoisotopic (exact) mass is 261 g/mol. The quantitative estimate of drug-likeness (QED) is 0.904. The lowest BCUT2D eigenvalue weighted by molar-refractivity contribution is 0.0948. The Morgan fingerprint density at radius 1 is 1.21 bits per heavy atom. The number of amides is 1. The van der Waals surface area contributed by atoms with Crippen LogP contribution in [0.2, 0.25) is 0 Å². The number of nitrogens with one attached hydrogen (secondary N) is 1. The summed E-state index contributed by atoms with van der Waals surface area (Å²) in [7, 11) is 0. The highest BCUT2D eigenvalue weighted by Crippen LogP contribution is 2.16. The van der Waals surface area contributed by atoms with Crippen molar-refractivity contribution < 1.29 is 4.79 Å². The summed E-state index contributed by atoms with van der Waals surface area (Å²) < 4.78 is 1.69. The van der Waals surface area contributed by atoms with Gasteiger partial charge in [0, 0.05) is 18.5 Å². The number of carbonyl (C=O) groups excluding carboxylic acids is 1. The van der Waals surface area contributed by atoms with Gasteiger partial charge in [0.05, 0.1) is 0 Å². The second kappa shape index (κ2) is 5.34. The summed E-state index contributed by atoms with van der Waals surface area (Å²) in [5, 5.41) is 15.5. The molecule has 0 bridgehead atoms. The van der Waals surface area contributed by atoms with Gasteiger partial charge in [0.1, 0.15) is 0 Å². The second-order valence-corrected chi connectivity index (χ2v) is 4.56. The highest BCUT2D eigenvalue weighted by molar-refractivity contribution is 5.94. The third-order valence-electron chi connectivity index (χ3n) is 3.18. The molecule has 0 fully saturated rings. The van der Waals surface area contributed by atoms with E-state index in [1.54, 1.807) is 4.52 Å². The van der Waals surface area contributed by atoms with Gasteiger partial charge in [-0.3, -0.25) is 4.79 Å². The van der Waals surface area contributed by atoms with E-state index in [-0.39, 0.29) is 5.91 Å². The van der Waals surface area contributed by atoms with E-state index in [9.17, 15) is 4.79 Å². The molecular weight excluding hydrogens is 242 g/mol. The molecule has 0 atom stereocenters. The second-order valence-electron chi connectivity index (χ2n) is 4.56. The van der Waals surface area contributed by atoms with Gasteiger partial charge in [0.15, 0.2) is 17.2 Å². The fraction of sp³-hybridized carbons (Fsp3) is 0.538. The van der Waals surface area contributed by atoms with Crippen LogP contribution in [0, 0.1) is 13.8 Å². The fourth-order valence-corrected chi connectivity index (χ4v) is 2.01. The molecule has 0 aromatic carbocycles. The van der Waals surface area contributed by atoms with Crippen LogP contribution in [0.15, 0.2) is 0 Å². The Labute approximate surface area is 112 Å².